The molecule has 0 amide bonds. The Morgan fingerprint density at radius 3 is 1.71 bits per heavy atom. The van der Waals surface area contributed by atoms with Crippen LogP contribution in [0, 0.1) is 19.3 Å². The minimum atomic E-state index is -0.282. The van der Waals surface area contributed by atoms with Gasteiger partial charge in [0.1, 0.15) is 42.6 Å². The predicted octanol–water partition coefficient (Wildman–Crippen LogP) is -7.83. The van der Waals surface area contributed by atoms with E-state index < -0.39 is 0 Å². The molecule has 1 nitrogen and oxygen atoms in total. The number of rotatable bonds is 6. The van der Waals surface area contributed by atoms with Crippen molar-refractivity contribution >= 4 is 245 Å². The maximum absolute atomic E-state index is 7.08. The van der Waals surface area contributed by atoms with Crippen LogP contribution >= 0.6 is 0 Å². The van der Waals surface area contributed by atoms with Crippen molar-refractivity contribution in [3.8, 4) is 23.5 Å². The molecule has 245 valence electrons. The first-order valence-electron chi connectivity index (χ1n) is 18.7. The van der Waals surface area contributed by atoms with Gasteiger partial charge in [-0.1, -0.05) is 41.3 Å². The number of furan rings is 1. The molecule has 0 atom stereocenters. The van der Waals surface area contributed by atoms with Gasteiger partial charge in [0, 0.05) is 10.8 Å². The normalized spacial score (nSPS) is 14.3. The molecule has 35 radical (unpaired) electrons. The summed E-state index contributed by atoms with van der Waals surface area (Å²) in [5.74, 6) is 2.32. The van der Waals surface area contributed by atoms with Crippen molar-refractivity contribution in [1.82, 2.24) is 0 Å². The van der Waals surface area contributed by atoms with Gasteiger partial charge < -0.3 is 4.42 Å². The average molecular weight is 740 g/mol. The van der Waals surface area contributed by atoms with Crippen LogP contribution in [0.2, 0.25) is 0 Å². The molecule has 6 aromatic rings. The molecule has 0 N–H and O–H groups in total. The number of allylic oxidation sites excluding steroid dienone is 5. The zero-order chi connectivity index (χ0) is 45.5. The number of hydrogen-bond donors (Lipinski definition) is 0. The maximum atomic E-state index is 7.08. The molecule has 0 bridgehead atoms. The second-order valence-electron chi connectivity index (χ2n) is 14.9. The van der Waals surface area contributed by atoms with Gasteiger partial charge in [-0.2, -0.15) is 0 Å². The Hall–Kier alpha value is -4.54. The van der Waals surface area contributed by atoms with E-state index in [0.29, 0.717) is 33.4 Å². The van der Waals surface area contributed by atoms with Crippen LogP contribution in [0.3, 0.4) is 0 Å². The molecule has 62 heavy (non-hydrogen) atoms. The first kappa shape index (κ1) is 45.5. The monoisotopic (exact) mass is 743 g/mol. The van der Waals surface area contributed by atoms with Gasteiger partial charge in [0.15, 0.2) is 0 Å². The summed E-state index contributed by atoms with van der Waals surface area (Å²) in [4.78, 5) is 0. The summed E-state index contributed by atoms with van der Waals surface area (Å²) in [5, 5.41) is 1.66. The van der Waals surface area contributed by atoms with Crippen LogP contribution in [-0.2, 0) is 0 Å². The van der Waals surface area contributed by atoms with Crippen LogP contribution in [0.5, 0.6) is 0 Å². The van der Waals surface area contributed by atoms with Crippen molar-refractivity contribution in [1.29, 1.82) is 0 Å². The molecule has 1 heterocycles. The van der Waals surface area contributed by atoms with Crippen molar-refractivity contribution < 1.29 is 4.42 Å². The van der Waals surface area contributed by atoms with E-state index in [0.717, 1.165) is 10.8 Å². The molecule has 1 aromatic heterocycles. The number of terminal acetylenes is 1. The molecule has 0 saturated heterocycles. The van der Waals surface area contributed by atoms with Crippen LogP contribution in [0.1, 0.15) is 28.7 Å². The van der Waals surface area contributed by atoms with E-state index in [9.17, 15) is 0 Å². The molecular formula is C43H13B18O. The van der Waals surface area contributed by atoms with Gasteiger partial charge in [-0.15, -0.1) is 6.42 Å². The molecule has 5 aromatic carbocycles. The van der Waals surface area contributed by atoms with Gasteiger partial charge in [-0.25, -0.2) is 0 Å². The summed E-state index contributed by atoms with van der Waals surface area (Å²) < 4.78 is 6.15. The van der Waals surface area contributed by atoms with Crippen LogP contribution in [0.25, 0.3) is 49.7 Å². The minimum absolute atomic E-state index is 0.0212. The molecule has 19 heteroatoms. The average Bonchev–Trinajstić information content (AvgIpc) is 3.64. The fraction of sp³-hybridized carbons (Fsp3) is 0.0465. The van der Waals surface area contributed by atoms with Gasteiger partial charge in [-0.3, -0.25) is 0 Å². The molecule has 7 rings (SSSR count). The Kier molecular flexibility index (Phi) is 12.4. The van der Waals surface area contributed by atoms with Crippen molar-refractivity contribution in [3.05, 3.63) is 103 Å². The topological polar surface area (TPSA) is 13.1 Å². The number of fused-ring (bicyclic) bond motifs is 4. The molecule has 0 unspecified atom stereocenters. The third-order valence-corrected chi connectivity index (χ3v) is 11.5. The molecule has 0 spiro atoms. The zero-order valence-electron chi connectivity index (χ0n) is 33.6. The zero-order valence-corrected chi connectivity index (χ0v) is 33.6. The van der Waals surface area contributed by atoms with Gasteiger partial charge in [0.2, 0.25) is 0 Å². The van der Waals surface area contributed by atoms with Gasteiger partial charge in [0.05, 0.1) is 0 Å². The van der Waals surface area contributed by atoms with E-state index in [4.69, 9.17) is 152 Å². The van der Waals surface area contributed by atoms with E-state index in [-0.39, 0.29) is 138 Å². The summed E-state index contributed by atoms with van der Waals surface area (Å²) in [6.07, 6.45) is 5.51. The Balaban J connectivity index is 1.74. The molecular weight excluding hydrogens is 727 g/mol. The third kappa shape index (κ3) is 6.89. The summed E-state index contributed by atoms with van der Waals surface area (Å²) >= 11 is 0. The van der Waals surface area contributed by atoms with Gasteiger partial charge >= 0.3 is 260 Å². The van der Waals surface area contributed by atoms with Crippen LogP contribution in [0.15, 0.2) is 74.3 Å². The van der Waals surface area contributed by atoms with E-state index in [1.807, 2.05) is 42.5 Å². The summed E-state index contributed by atoms with van der Waals surface area (Å²) in [5.41, 5.74) is 2.88. The van der Waals surface area contributed by atoms with E-state index in [1.165, 1.54) is 0 Å². The number of hydrogen-bond acceptors (Lipinski definition) is 1. The molecule has 0 fully saturated rings. The fourth-order valence-electron chi connectivity index (χ4n) is 8.34. The second-order valence-corrected chi connectivity index (χ2v) is 14.9. The Labute approximate surface area is 386 Å². The van der Waals surface area contributed by atoms with Crippen molar-refractivity contribution in [2.24, 2.45) is 0 Å². The summed E-state index contributed by atoms with van der Waals surface area (Å²) in [7, 11) is 120. The molecule has 0 aliphatic heterocycles. The van der Waals surface area contributed by atoms with Crippen LogP contribution in [0.4, 0.5) is 0 Å². The van der Waals surface area contributed by atoms with Crippen molar-refractivity contribution in [3.63, 3.8) is 0 Å². The Morgan fingerprint density at radius 1 is 0.581 bits per heavy atom. The Morgan fingerprint density at radius 2 is 1.11 bits per heavy atom. The van der Waals surface area contributed by atoms with Crippen LogP contribution < -0.4 is 70.5 Å². The van der Waals surface area contributed by atoms with Gasteiger partial charge in [0.25, 0.3) is 0 Å². The SMILES string of the molecule is [B]C(=[B])/C([B])=C(/[B])c1c([B])c([B])c([B])c(C2=c3c([B])c([B])c([B])c([B])c3=C(c3c([B])c([B])c(-c4cccc5oc6ccccc6c45)c([B])c3[B])C/C2=C([B])\C([B])=C(\[B])C#C)c1C. The first-order valence-corrected chi connectivity index (χ1v) is 18.7. The summed E-state index contributed by atoms with van der Waals surface area (Å²) in [6.45, 7) is 1.65. The predicted molar refractivity (Wildman–Crippen MR) is 280 cm³/mol. The first-order chi connectivity index (χ1) is 29.2. The van der Waals surface area contributed by atoms with Crippen molar-refractivity contribution in [2.75, 3.05) is 0 Å². The van der Waals surface area contributed by atoms with Crippen molar-refractivity contribution in [2.45, 2.75) is 13.3 Å². The molecule has 1 aliphatic carbocycles. The Bertz CT molecular complexity index is 3300. The van der Waals surface area contributed by atoms with E-state index >= 15 is 0 Å². The van der Waals surface area contributed by atoms with Gasteiger partial charge in [-0.05, 0) is 23.3 Å². The second kappa shape index (κ2) is 16.9. The number of para-hydroxylation sites is 1. The van der Waals surface area contributed by atoms with E-state index in [1.54, 1.807) is 6.92 Å². The van der Waals surface area contributed by atoms with E-state index in [2.05, 4.69) is 5.92 Å². The molecule has 1 aliphatic rings. The standard InChI is InChI=1S/C43H13B18O/c1-3-17(44)29(46)28(45)16-11-15(26-36(53)34(51)25(35(52)37(26)54)14-8-6-10-19-22(14)13-7-4-5-9-18(13)62-19)24-27(38(55)41(58)40(57)33(24)50)23(16)20-12(2)21(31(48)39(56)30(20)47)32(49)42(59)43(60)61/h1,4-10H,11H2,2H3/b28-16-,29-17-,42-32-. The van der Waals surface area contributed by atoms with Crippen LogP contribution in [-0.4, -0.2) is 146 Å². The summed E-state index contributed by atoms with van der Waals surface area (Å²) in [6, 6.07) is 13.0. The quantitative estimate of drug-likeness (QED) is 0.122. The number of benzene rings is 5. The third-order valence-electron chi connectivity index (χ3n) is 11.5. The molecule has 0 saturated carbocycles. The fourth-order valence-corrected chi connectivity index (χ4v) is 8.34.